The van der Waals surface area contributed by atoms with Crippen molar-refractivity contribution in [3.05, 3.63) is 39.7 Å². The fourth-order valence-corrected chi connectivity index (χ4v) is 1.94. The zero-order chi connectivity index (χ0) is 14.7. The molecule has 106 valence electrons. The first kappa shape index (κ1) is 14.1. The van der Waals surface area contributed by atoms with E-state index in [4.69, 9.17) is 13.9 Å². The Labute approximate surface area is 116 Å². The monoisotopic (exact) mass is 276 g/mol. The van der Waals surface area contributed by atoms with Crippen LogP contribution in [0.3, 0.4) is 0 Å². The lowest BCUT2D eigenvalue weighted by Gasteiger charge is -2.10. The molecule has 0 unspecified atom stereocenters. The Morgan fingerprint density at radius 3 is 2.65 bits per heavy atom. The van der Waals surface area contributed by atoms with Gasteiger partial charge in [-0.25, -0.2) is 9.59 Å². The van der Waals surface area contributed by atoms with Crippen LogP contribution in [0.1, 0.15) is 18.1 Å². The van der Waals surface area contributed by atoms with Gasteiger partial charge in [0.25, 0.3) is 0 Å². The van der Waals surface area contributed by atoms with E-state index in [1.54, 1.807) is 19.1 Å². The second-order valence-electron chi connectivity index (χ2n) is 4.46. The highest BCUT2D eigenvalue weighted by Gasteiger charge is 2.10. The predicted molar refractivity (Wildman–Crippen MR) is 74.1 cm³/mol. The molecular formula is C15H16O5. The van der Waals surface area contributed by atoms with Crippen LogP contribution in [0, 0.1) is 13.8 Å². The van der Waals surface area contributed by atoms with E-state index in [0.717, 1.165) is 16.5 Å². The summed E-state index contributed by atoms with van der Waals surface area (Å²) >= 11 is 0. The van der Waals surface area contributed by atoms with Crippen molar-refractivity contribution >= 4 is 16.9 Å². The number of esters is 1. The second kappa shape index (κ2) is 5.77. The summed E-state index contributed by atoms with van der Waals surface area (Å²) in [4.78, 5) is 22.6. The van der Waals surface area contributed by atoms with Crippen LogP contribution in [0.15, 0.2) is 27.4 Å². The van der Waals surface area contributed by atoms with Crippen molar-refractivity contribution in [3.8, 4) is 5.75 Å². The third-order valence-corrected chi connectivity index (χ3v) is 2.90. The Balaban J connectivity index is 2.33. The van der Waals surface area contributed by atoms with Crippen LogP contribution >= 0.6 is 0 Å². The number of benzene rings is 1. The molecule has 0 aliphatic heterocycles. The number of fused-ring (bicyclic) bond motifs is 1. The smallest absolute Gasteiger partial charge is 0.344 e. The van der Waals surface area contributed by atoms with Crippen LogP contribution in [0.25, 0.3) is 11.0 Å². The predicted octanol–water partition coefficient (Wildman–Crippen LogP) is 2.35. The molecule has 0 fully saturated rings. The topological polar surface area (TPSA) is 65.7 Å². The first-order valence-corrected chi connectivity index (χ1v) is 6.34. The molecule has 0 radical (unpaired) electrons. The fraction of sp³-hybridized carbons (Fsp3) is 0.333. The summed E-state index contributed by atoms with van der Waals surface area (Å²) in [5, 5.41) is 0.786. The SMILES string of the molecule is CCOC(=O)COc1cc2c(C)cc(=O)oc2cc1C. The van der Waals surface area contributed by atoms with Crippen LogP contribution in [0.4, 0.5) is 0 Å². The summed E-state index contributed by atoms with van der Waals surface area (Å²) in [7, 11) is 0. The van der Waals surface area contributed by atoms with Gasteiger partial charge in [-0.3, -0.25) is 0 Å². The minimum Gasteiger partial charge on any atom is -0.482 e. The highest BCUT2D eigenvalue weighted by atomic mass is 16.6. The van der Waals surface area contributed by atoms with Gasteiger partial charge in [-0.2, -0.15) is 0 Å². The number of rotatable bonds is 4. The second-order valence-corrected chi connectivity index (χ2v) is 4.46. The molecule has 0 amide bonds. The number of ether oxygens (including phenoxy) is 2. The molecule has 0 spiro atoms. The lowest BCUT2D eigenvalue weighted by molar-refractivity contribution is -0.145. The van der Waals surface area contributed by atoms with Gasteiger partial charge in [-0.15, -0.1) is 0 Å². The quantitative estimate of drug-likeness (QED) is 0.633. The van der Waals surface area contributed by atoms with Crippen LogP contribution in [-0.2, 0) is 9.53 Å². The maximum Gasteiger partial charge on any atom is 0.344 e. The standard InChI is InChI=1S/C15H16O5/c1-4-18-15(17)8-19-12-7-11-9(2)6-14(16)20-13(11)5-10(12)3/h5-7H,4,8H2,1-3H3. The van der Waals surface area contributed by atoms with Crippen molar-refractivity contribution in [2.24, 2.45) is 0 Å². The molecule has 0 atom stereocenters. The normalized spacial score (nSPS) is 10.6. The van der Waals surface area contributed by atoms with Gasteiger partial charge >= 0.3 is 11.6 Å². The van der Waals surface area contributed by atoms with E-state index >= 15 is 0 Å². The van der Waals surface area contributed by atoms with Crippen molar-refractivity contribution in [2.45, 2.75) is 20.8 Å². The minimum absolute atomic E-state index is 0.143. The molecule has 5 heteroatoms. The number of aryl methyl sites for hydroxylation is 2. The summed E-state index contributed by atoms with van der Waals surface area (Å²) in [6.07, 6.45) is 0. The molecule has 0 saturated carbocycles. The van der Waals surface area contributed by atoms with Gasteiger partial charge in [0.05, 0.1) is 6.61 Å². The number of hydrogen-bond donors (Lipinski definition) is 0. The van der Waals surface area contributed by atoms with Crippen LogP contribution < -0.4 is 10.4 Å². The Morgan fingerprint density at radius 2 is 1.95 bits per heavy atom. The van der Waals surface area contributed by atoms with Gasteiger partial charge in [-0.05, 0) is 44.0 Å². The van der Waals surface area contributed by atoms with Gasteiger partial charge in [0.2, 0.25) is 0 Å². The van der Waals surface area contributed by atoms with Crippen molar-refractivity contribution in [3.63, 3.8) is 0 Å². The van der Waals surface area contributed by atoms with Crippen molar-refractivity contribution in [1.82, 2.24) is 0 Å². The summed E-state index contributed by atoms with van der Waals surface area (Å²) in [5.41, 5.74) is 1.72. The van der Waals surface area contributed by atoms with E-state index in [0.29, 0.717) is 17.9 Å². The first-order chi connectivity index (χ1) is 9.51. The third-order valence-electron chi connectivity index (χ3n) is 2.90. The Morgan fingerprint density at radius 1 is 1.20 bits per heavy atom. The molecule has 0 aliphatic rings. The van der Waals surface area contributed by atoms with E-state index in [1.807, 2.05) is 13.8 Å². The molecule has 1 heterocycles. The maximum atomic E-state index is 11.3. The molecule has 0 saturated heterocycles. The summed E-state index contributed by atoms with van der Waals surface area (Å²) in [6, 6.07) is 4.92. The zero-order valence-corrected chi connectivity index (χ0v) is 11.7. The molecule has 0 N–H and O–H groups in total. The van der Waals surface area contributed by atoms with Gasteiger partial charge in [0.15, 0.2) is 6.61 Å². The molecule has 2 rings (SSSR count). The molecule has 0 aliphatic carbocycles. The third kappa shape index (κ3) is 2.99. The first-order valence-electron chi connectivity index (χ1n) is 6.34. The van der Waals surface area contributed by atoms with Crippen molar-refractivity contribution < 1.29 is 18.7 Å². The molecule has 2 aromatic rings. The van der Waals surface area contributed by atoms with E-state index in [2.05, 4.69) is 0 Å². The van der Waals surface area contributed by atoms with Gasteiger partial charge < -0.3 is 13.9 Å². The van der Waals surface area contributed by atoms with E-state index in [9.17, 15) is 9.59 Å². The average molecular weight is 276 g/mol. The van der Waals surface area contributed by atoms with E-state index in [-0.39, 0.29) is 12.2 Å². The molecule has 0 bridgehead atoms. The molecule has 1 aromatic carbocycles. The van der Waals surface area contributed by atoms with Crippen LogP contribution in [0.5, 0.6) is 5.75 Å². The van der Waals surface area contributed by atoms with E-state index < -0.39 is 5.97 Å². The number of carbonyl (C=O) groups is 1. The summed E-state index contributed by atoms with van der Waals surface area (Å²) < 4.78 is 15.4. The lowest BCUT2D eigenvalue weighted by atomic mass is 10.1. The van der Waals surface area contributed by atoms with Crippen molar-refractivity contribution in [2.75, 3.05) is 13.2 Å². The van der Waals surface area contributed by atoms with Crippen molar-refractivity contribution in [1.29, 1.82) is 0 Å². The van der Waals surface area contributed by atoms with Gasteiger partial charge in [0.1, 0.15) is 11.3 Å². The molecule has 5 nitrogen and oxygen atoms in total. The van der Waals surface area contributed by atoms with Gasteiger partial charge in [0, 0.05) is 11.5 Å². The maximum absolute atomic E-state index is 11.3. The summed E-state index contributed by atoms with van der Waals surface area (Å²) in [5.74, 6) is 0.158. The average Bonchev–Trinajstić information content (AvgIpc) is 2.36. The Bertz CT molecular complexity index is 699. The minimum atomic E-state index is -0.414. The van der Waals surface area contributed by atoms with E-state index in [1.165, 1.54) is 6.07 Å². The Hall–Kier alpha value is -2.30. The molecule has 1 aromatic heterocycles. The Kier molecular flexibility index (Phi) is 4.08. The van der Waals surface area contributed by atoms with Crippen LogP contribution in [0.2, 0.25) is 0 Å². The molecule has 20 heavy (non-hydrogen) atoms. The van der Waals surface area contributed by atoms with Crippen LogP contribution in [-0.4, -0.2) is 19.2 Å². The fourth-order valence-electron chi connectivity index (χ4n) is 1.94. The number of hydrogen-bond acceptors (Lipinski definition) is 5. The molecular weight excluding hydrogens is 260 g/mol. The summed E-state index contributed by atoms with van der Waals surface area (Å²) in [6.45, 7) is 5.57. The largest absolute Gasteiger partial charge is 0.482 e. The number of carbonyl (C=O) groups excluding carboxylic acids is 1. The highest BCUT2D eigenvalue weighted by molar-refractivity contribution is 5.82. The lowest BCUT2D eigenvalue weighted by Crippen LogP contribution is -2.15. The van der Waals surface area contributed by atoms with Gasteiger partial charge in [-0.1, -0.05) is 0 Å². The highest BCUT2D eigenvalue weighted by Crippen LogP contribution is 2.26. The zero-order valence-electron chi connectivity index (χ0n) is 11.7.